The largest absolute Gasteiger partial charge is 0.463 e. The third-order valence-electron chi connectivity index (χ3n) is 3.10. The topological polar surface area (TPSA) is 74.3 Å². The molecule has 21 heavy (non-hydrogen) atoms. The number of aromatic nitrogens is 2. The van der Waals surface area contributed by atoms with Crippen molar-refractivity contribution in [1.82, 2.24) is 9.78 Å². The zero-order chi connectivity index (χ0) is 14.8. The van der Waals surface area contributed by atoms with Gasteiger partial charge in [0.2, 0.25) is 5.76 Å². The number of rotatable bonds is 4. The van der Waals surface area contributed by atoms with Crippen molar-refractivity contribution in [3.8, 4) is 0 Å². The first-order valence-corrected chi connectivity index (χ1v) is 6.28. The van der Waals surface area contributed by atoms with Gasteiger partial charge in [-0.3, -0.25) is 9.48 Å². The van der Waals surface area contributed by atoms with Gasteiger partial charge in [-0.25, -0.2) is 4.79 Å². The molecule has 0 radical (unpaired) electrons. The number of hydrogen-bond acceptors (Lipinski definition) is 5. The zero-order valence-corrected chi connectivity index (χ0v) is 11.3. The molecular weight excluding hydrogens is 272 g/mol. The maximum atomic E-state index is 11.4. The van der Waals surface area contributed by atoms with Crippen molar-refractivity contribution in [1.29, 1.82) is 0 Å². The fourth-order valence-electron chi connectivity index (χ4n) is 2.11. The van der Waals surface area contributed by atoms with Crippen LogP contribution in [0.1, 0.15) is 26.5 Å². The summed E-state index contributed by atoms with van der Waals surface area (Å²) >= 11 is 0. The van der Waals surface area contributed by atoms with E-state index in [1.165, 1.54) is 13.3 Å². The van der Waals surface area contributed by atoms with Crippen LogP contribution in [0.3, 0.4) is 0 Å². The van der Waals surface area contributed by atoms with Gasteiger partial charge in [-0.05, 0) is 23.8 Å². The van der Waals surface area contributed by atoms with Gasteiger partial charge in [0.15, 0.2) is 6.29 Å². The van der Waals surface area contributed by atoms with Gasteiger partial charge in [0, 0.05) is 11.6 Å². The van der Waals surface area contributed by atoms with E-state index in [1.54, 1.807) is 23.0 Å². The zero-order valence-electron chi connectivity index (χ0n) is 11.3. The summed E-state index contributed by atoms with van der Waals surface area (Å²) in [5, 5.41) is 4.91. The first-order valence-electron chi connectivity index (χ1n) is 6.28. The maximum absolute atomic E-state index is 11.4. The lowest BCUT2D eigenvalue weighted by Crippen LogP contribution is -1.99. The van der Waals surface area contributed by atoms with E-state index in [-0.39, 0.29) is 5.76 Å². The second-order valence-electron chi connectivity index (χ2n) is 4.56. The lowest BCUT2D eigenvalue weighted by molar-refractivity contribution is 0.0567. The fourth-order valence-corrected chi connectivity index (χ4v) is 2.11. The van der Waals surface area contributed by atoms with Crippen molar-refractivity contribution >= 4 is 23.2 Å². The van der Waals surface area contributed by atoms with Crippen molar-refractivity contribution in [2.75, 3.05) is 7.11 Å². The molecule has 0 unspecified atom stereocenters. The first-order chi connectivity index (χ1) is 10.2. The molecule has 3 rings (SSSR count). The Bertz CT molecular complexity index is 816. The molecule has 1 aromatic carbocycles. The highest BCUT2D eigenvalue weighted by Gasteiger charge is 2.12. The molecule has 0 N–H and O–H groups in total. The second kappa shape index (κ2) is 5.24. The van der Waals surface area contributed by atoms with Gasteiger partial charge in [0.05, 0.1) is 25.4 Å². The Morgan fingerprint density at radius 2 is 2.29 bits per heavy atom. The summed E-state index contributed by atoms with van der Waals surface area (Å²) < 4.78 is 11.7. The highest BCUT2D eigenvalue weighted by molar-refractivity contribution is 5.92. The van der Waals surface area contributed by atoms with Gasteiger partial charge >= 0.3 is 5.97 Å². The van der Waals surface area contributed by atoms with Crippen molar-refractivity contribution < 1.29 is 18.7 Å². The Balaban J connectivity index is 1.89. The van der Waals surface area contributed by atoms with E-state index in [0.717, 1.165) is 17.2 Å². The van der Waals surface area contributed by atoms with Gasteiger partial charge in [-0.1, -0.05) is 6.07 Å². The number of hydrogen-bond donors (Lipinski definition) is 0. The van der Waals surface area contributed by atoms with Crippen LogP contribution >= 0.6 is 0 Å². The van der Waals surface area contributed by atoms with Crippen molar-refractivity contribution in [2.24, 2.45) is 0 Å². The Labute approximate surface area is 119 Å². The van der Waals surface area contributed by atoms with E-state index >= 15 is 0 Å². The number of benzene rings is 1. The molecule has 2 heterocycles. The molecule has 0 fully saturated rings. The summed E-state index contributed by atoms with van der Waals surface area (Å²) in [6.45, 7) is 0.530. The number of carbonyl (C=O) groups is 2. The van der Waals surface area contributed by atoms with Crippen molar-refractivity contribution in [3.63, 3.8) is 0 Å². The Hall–Kier alpha value is -2.89. The Morgan fingerprint density at radius 1 is 1.43 bits per heavy atom. The molecule has 0 bridgehead atoms. The number of methoxy groups -OCH3 is 1. The number of esters is 1. The Kier molecular flexibility index (Phi) is 3.27. The first kappa shape index (κ1) is 13.1. The summed E-state index contributed by atoms with van der Waals surface area (Å²) in [6.07, 6.45) is 3.94. The predicted octanol–water partition coefficient (Wildman–Crippen LogP) is 2.28. The van der Waals surface area contributed by atoms with Crippen molar-refractivity contribution in [3.05, 3.63) is 53.5 Å². The lowest BCUT2D eigenvalue weighted by Gasteiger charge is -2.01. The predicted molar refractivity (Wildman–Crippen MR) is 74.3 cm³/mol. The van der Waals surface area contributed by atoms with E-state index in [4.69, 9.17) is 4.42 Å². The van der Waals surface area contributed by atoms with Crippen LogP contribution in [0, 0.1) is 0 Å². The number of ether oxygens (including phenoxy) is 1. The summed E-state index contributed by atoms with van der Waals surface area (Å²) in [4.78, 5) is 22.1. The summed E-state index contributed by atoms with van der Waals surface area (Å²) in [5.41, 5.74) is 2.14. The van der Waals surface area contributed by atoms with Crippen LogP contribution in [-0.2, 0) is 11.3 Å². The molecule has 0 aliphatic heterocycles. The molecule has 0 amide bonds. The third kappa shape index (κ3) is 2.55. The molecule has 0 saturated heterocycles. The number of carbonyl (C=O) groups excluding carboxylic acids is 2. The average molecular weight is 284 g/mol. The van der Waals surface area contributed by atoms with E-state index in [1.807, 2.05) is 12.1 Å². The minimum absolute atomic E-state index is 0.173. The molecule has 0 aliphatic carbocycles. The van der Waals surface area contributed by atoms with E-state index < -0.39 is 5.97 Å². The van der Waals surface area contributed by atoms with Gasteiger partial charge in [-0.15, -0.1) is 0 Å². The van der Waals surface area contributed by atoms with Crippen molar-refractivity contribution in [2.45, 2.75) is 6.54 Å². The maximum Gasteiger partial charge on any atom is 0.373 e. The van der Waals surface area contributed by atoms with Gasteiger partial charge in [0.1, 0.15) is 5.58 Å². The standard InChI is InChI=1S/C15H12N2O4/c1-20-15(19)14-5-12-4-10(2-3-13(12)21-14)7-17-8-11(9-18)6-16-17/h2-6,8-9H,7H2,1H3. The summed E-state index contributed by atoms with van der Waals surface area (Å²) in [5.74, 6) is -0.331. The number of fused-ring (bicyclic) bond motifs is 1. The molecule has 0 saturated carbocycles. The van der Waals surface area contributed by atoms with Crippen LogP contribution in [0.5, 0.6) is 0 Å². The van der Waals surface area contributed by atoms with Crippen LogP contribution in [0.2, 0.25) is 0 Å². The molecular formula is C15H12N2O4. The molecule has 0 spiro atoms. The van der Waals surface area contributed by atoms with E-state index in [2.05, 4.69) is 9.84 Å². The van der Waals surface area contributed by atoms with Crippen LogP contribution < -0.4 is 0 Å². The normalized spacial score (nSPS) is 10.7. The quantitative estimate of drug-likeness (QED) is 0.542. The smallest absolute Gasteiger partial charge is 0.373 e. The highest BCUT2D eigenvalue weighted by atomic mass is 16.5. The van der Waals surface area contributed by atoms with Crippen LogP contribution in [0.25, 0.3) is 11.0 Å². The minimum atomic E-state index is -0.504. The monoisotopic (exact) mass is 284 g/mol. The molecule has 3 aromatic rings. The molecule has 6 heteroatoms. The van der Waals surface area contributed by atoms with Gasteiger partial charge < -0.3 is 9.15 Å². The number of aldehydes is 1. The summed E-state index contributed by atoms with van der Waals surface area (Å²) in [6, 6.07) is 7.23. The molecule has 6 nitrogen and oxygen atoms in total. The van der Waals surface area contributed by atoms with E-state index in [0.29, 0.717) is 17.7 Å². The fraction of sp³-hybridized carbons (Fsp3) is 0.133. The van der Waals surface area contributed by atoms with Crippen LogP contribution in [-0.4, -0.2) is 29.1 Å². The Morgan fingerprint density at radius 3 is 3.00 bits per heavy atom. The second-order valence-corrected chi connectivity index (χ2v) is 4.56. The van der Waals surface area contributed by atoms with E-state index in [9.17, 15) is 9.59 Å². The number of nitrogens with zero attached hydrogens (tertiary/aromatic N) is 2. The molecule has 106 valence electrons. The minimum Gasteiger partial charge on any atom is -0.463 e. The van der Waals surface area contributed by atoms with Gasteiger partial charge in [-0.2, -0.15) is 5.10 Å². The summed E-state index contributed by atoms with van der Waals surface area (Å²) in [7, 11) is 1.31. The molecule has 0 aliphatic rings. The molecule has 0 atom stereocenters. The van der Waals surface area contributed by atoms with Crippen LogP contribution in [0.4, 0.5) is 0 Å². The van der Waals surface area contributed by atoms with Gasteiger partial charge in [0.25, 0.3) is 0 Å². The molecule has 2 aromatic heterocycles. The average Bonchev–Trinajstić information content (AvgIpc) is 3.12. The number of furan rings is 1. The van der Waals surface area contributed by atoms with Crippen LogP contribution in [0.15, 0.2) is 41.1 Å². The SMILES string of the molecule is COC(=O)c1cc2cc(Cn3cc(C=O)cn3)ccc2o1. The highest BCUT2D eigenvalue weighted by Crippen LogP contribution is 2.21. The lowest BCUT2D eigenvalue weighted by atomic mass is 10.1. The third-order valence-corrected chi connectivity index (χ3v) is 3.10.